The molecule has 2 heterocycles. The molecule has 0 unspecified atom stereocenters. The first kappa shape index (κ1) is 23.6. The van der Waals surface area contributed by atoms with E-state index in [1.165, 1.54) is 33.7 Å². The molecule has 0 bridgehead atoms. The number of nitrogens with one attached hydrogen (secondary N) is 1. The minimum absolute atomic E-state index is 0.0334. The highest BCUT2D eigenvalue weighted by Crippen LogP contribution is 2.18. The van der Waals surface area contributed by atoms with Gasteiger partial charge in [0.2, 0.25) is 10.0 Å². The van der Waals surface area contributed by atoms with Gasteiger partial charge in [-0.1, -0.05) is 21.6 Å². The van der Waals surface area contributed by atoms with Gasteiger partial charge in [0.15, 0.2) is 0 Å². The number of benzene rings is 1. The van der Waals surface area contributed by atoms with Gasteiger partial charge in [-0.05, 0) is 24.3 Å². The lowest BCUT2D eigenvalue weighted by atomic mass is 10.4. The zero-order chi connectivity index (χ0) is 23.6. The summed E-state index contributed by atoms with van der Waals surface area (Å²) in [6.45, 7) is -0.0615. The number of carbonyl (C=O) groups is 1. The quantitative estimate of drug-likeness (QED) is 0.473. The van der Waals surface area contributed by atoms with Crippen molar-refractivity contribution in [3.8, 4) is 0 Å². The van der Waals surface area contributed by atoms with E-state index in [9.17, 15) is 13.2 Å². The third-order valence-electron chi connectivity index (χ3n) is 4.54. The molecule has 0 fully saturated rings. The lowest BCUT2D eigenvalue weighted by Crippen LogP contribution is -2.43. The van der Waals surface area contributed by atoms with Crippen LogP contribution in [0, 0.1) is 0 Å². The number of hydrogen-bond acceptors (Lipinski definition) is 9. The van der Waals surface area contributed by atoms with Crippen LogP contribution in [0.5, 0.6) is 0 Å². The summed E-state index contributed by atoms with van der Waals surface area (Å²) in [5, 5.41) is 0.433. The lowest BCUT2D eigenvalue weighted by molar-refractivity contribution is -0.432. The van der Waals surface area contributed by atoms with Crippen molar-refractivity contribution >= 4 is 51.3 Å². The Kier molecular flexibility index (Phi) is 6.81. The van der Waals surface area contributed by atoms with Gasteiger partial charge in [-0.2, -0.15) is 4.98 Å². The highest BCUT2D eigenvalue weighted by atomic mass is 35.5. The molecular weight excluding hydrogens is 458 g/mol. The molecule has 0 spiro atoms. The van der Waals surface area contributed by atoms with Crippen molar-refractivity contribution in [2.75, 3.05) is 57.6 Å². The molecule has 172 valence electrons. The Morgan fingerprint density at radius 1 is 1.09 bits per heavy atom. The zero-order valence-corrected chi connectivity index (χ0v) is 19.7. The maximum absolute atomic E-state index is 12.6. The lowest BCUT2D eigenvalue weighted by Gasteiger charge is -2.14. The summed E-state index contributed by atoms with van der Waals surface area (Å²) in [6, 6.07) is 5.78. The standard InChI is InChI=1S/C18H24ClN9O3S/c1-25(2)16-22-17(26(3)4)24-18(23-16)28-11-14(29)27(15(28)20)10-9-21-32(30,31)13-7-5-12(19)6-8-13/h5-8,20-21H,9-11H2,1-4H3/p+1. The van der Waals surface area contributed by atoms with Crippen molar-refractivity contribution in [2.45, 2.75) is 4.90 Å². The predicted octanol–water partition coefficient (Wildman–Crippen LogP) is -0.564. The number of hydrogen-bond donors (Lipinski definition) is 2. The zero-order valence-electron chi connectivity index (χ0n) is 18.1. The molecule has 32 heavy (non-hydrogen) atoms. The molecule has 0 saturated carbocycles. The van der Waals surface area contributed by atoms with Crippen LogP contribution in [-0.2, 0) is 14.8 Å². The number of amides is 1. The molecule has 12 nitrogen and oxygen atoms in total. The smallest absolute Gasteiger partial charge is 0.338 e. The molecular formula is C18H25ClN9O3S+. The Morgan fingerprint density at radius 2 is 1.66 bits per heavy atom. The number of aromatic nitrogens is 3. The maximum atomic E-state index is 12.6. The summed E-state index contributed by atoms with van der Waals surface area (Å²) in [5.41, 5.74) is 6.20. The number of guanidine groups is 1. The fourth-order valence-electron chi connectivity index (χ4n) is 2.84. The fourth-order valence-corrected chi connectivity index (χ4v) is 3.99. The van der Waals surface area contributed by atoms with Gasteiger partial charge in [-0.25, -0.2) is 22.6 Å². The topological polar surface area (TPSA) is 141 Å². The minimum Gasteiger partial charge on any atom is -0.338 e. The van der Waals surface area contributed by atoms with E-state index in [4.69, 9.17) is 17.3 Å². The van der Waals surface area contributed by atoms with Crippen LogP contribution in [0.25, 0.3) is 0 Å². The van der Waals surface area contributed by atoms with Gasteiger partial charge in [-0.15, -0.1) is 0 Å². The van der Waals surface area contributed by atoms with Crippen LogP contribution in [-0.4, -0.2) is 92.5 Å². The van der Waals surface area contributed by atoms with Crippen LogP contribution in [0.3, 0.4) is 0 Å². The number of nitrogens with zero attached hydrogens (tertiary/aromatic N) is 7. The summed E-state index contributed by atoms with van der Waals surface area (Å²) >= 11 is 5.80. The van der Waals surface area contributed by atoms with Crippen molar-refractivity contribution in [1.29, 1.82) is 0 Å². The molecule has 0 atom stereocenters. The number of nitrogens with two attached hydrogens (primary N) is 1. The Labute approximate surface area is 191 Å². The van der Waals surface area contributed by atoms with Gasteiger partial charge in [-0.3, -0.25) is 4.79 Å². The van der Waals surface area contributed by atoms with Crippen molar-refractivity contribution in [1.82, 2.24) is 24.6 Å². The van der Waals surface area contributed by atoms with E-state index < -0.39 is 10.0 Å². The van der Waals surface area contributed by atoms with Crippen LogP contribution in [0.2, 0.25) is 5.02 Å². The molecule has 0 radical (unpaired) electrons. The Bertz CT molecular complexity index is 1120. The largest absolute Gasteiger partial charge is 0.363 e. The van der Waals surface area contributed by atoms with E-state index in [2.05, 4.69) is 19.7 Å². The SMILES string of the molecule is CN(C)c1nc(N(C)C)nc([N+]2=C(N)N(CCNS(=O)(=O)c3ccc(Cl)cc3)C(=O)C2)n1. The average Bonchev–Trinajstić information content (AvgIpc) is 3.02. The van der Waals surface area contributed by atoms with Gasteiger partial charge in [0.25, 0.3) is 23.8 Å². The molecule has 3 rings (SSSR count). The molecule has 1 aliphatic heterocycles. The number of anilines is 2. The Morgan fingerprint density at radius 3 is 2.19 bits per heavy atom. The molecule has 0 saturated heterocycles. The van der Waals surface area contributed by atoms with Crippen LogP contribution >= 0.6 is 11.6 Å². The van der Waals surface area contributed by atoms with Crippen molar-refractivity contribution in [2.24, 2.45) is 5.73 Å². The summed E-state index contributed by atoms with van der Waals surface area (Å²) in [6.07, 6.45) is 0. The third-order valence-corrected chi connectivity index (χ3v) is 6.27. The number of sulfonamides is 1. The van der Waals surface area contributed by atoms with E-state index in [1.807, 2.05) is 0 Å². The first-order valence-corrected chi connectivity index (χ1v) is 11.4. The molecule has 0 aliphatic carbocycles. The monoisotopic (exact) mass is 482 g/mol. The van der Waals surface area contributed by atoms with E-state index in [0.717, 1.165) is 0 Å². The highest BCUT2D eigenvalue weighted by molar-refractivity contribution is 7.89. The fraction of sp³-hybridized carbons (Fsp3) is 0.389. The predicted molar refractivity (Wildman–Crippen MR) is 121 cm³/mol. The second kappa shape index (κ2) is 9.22. The molecule has 1 aromatic carbocycles. The summed E-state index contributed by atoms with van der Waals surface area (Å²) in [7, 11) is 3.41. The van der Waals surface area contributed by atoms with Crippen molar-refractivity contribution < 1.29 is 17.8 Å². The number of halogens is 1. The second-order valence-electron chi connectivity index (χ2n) is 7.37. The number of carbonyl (C=O) groups excluding carboxylic acids is 1. The van der Waals surface area contributed by atoms with Crippen LogP contribution in [0.4, 0.5) is 17.8 Å². The summed E-state index contributed by atoms with van der Waals surface area (Å²) in [4.78, 5) is 30.5. The maximum Gasteiger partial charge on any atom is 0.363 e. The first-order valence-electron chi connectivity index (χ1n) is 9.56. The van der Waals surface area contributed by atoms with Crippen LogP contribution in [0.15, 0.2) is 29.2 Å². The second-order valence-corrected chi connectivity index (χ2v) is 9.57. The van der Waals surface area contributed by atoms with Crippen molar-refractivity contribution in [3.05, 3.63) is 29.3 Å². The summed E-state index contributed by atoms with van der Waals surface area (Å²) in [5.74, 6) is 0.858. The molecule has 1 amide bonds. The van der Waals surface area contributed by atoms with E-state index in [-0.39, 0.29) is 42.3 Å². The van der Waals surface area contributed by atoms with Crippen LogP contribution in [0.1, 0.15) is 0 Å². The molecule has 2 aromatic rings. The third kappa shape index (κ3) is 5.06. The van der Waals surface area contributed by atoms with E-state index in [1.54, 1.807) is 38.0 Å². The van der Waals surface area contributed by atoms with Gasteiger partial charge in [0.1, 0.15) is 6.54 Å². The van der Waals surface area contributed by atoms with Gasteiger partial charge < -0.3 is 15.5 Å². The molecule has 3 N–H and O–H groups in total. The number of rotatable bonds is 8. The highest BCUT2D eigenvalue weighted by Gasteiger charge is 2.36. The molecule has 14 heteroatoms. The minimum atomic E-state index is -3.75. The molecule has 1 aromatic heterocycles. The molecule has 1 aliphatic rings. The van der Waals surface area contributed by atoms with E-state index >= 15 is 0 Å². The van der Waals surface area contributed by atoms with E-state index in [0.29, 0.717) is 16.9 Å². The Balaban J connectivity index is 1.78. The normalized spacial score (nSPS) is 14.3. The first-order chi connectivity index (χ1) is 15.0. The van der Waals surface area contributed by atoms with Gasteiger partial charge in [0.05, 0.1) is 11.4 Å². The van der Waals surface area contributed by atoms with Crippen LogP contribution < -0.4 is 20.3 Å². The van der Waals surface area contributed by atoms with Gasteiger partial charge >= 0.3 is 5.95 Å². The average molecular weight is 483 g/mol. The Hall–Kier alpha value is -3.03. The van der Waals surface area contributed by atoms with Crippen molar-refractivity contribution in [3.63, 3.8) is 0 Å². The van der Waals surface area contributed by atoms with Gasteiger partial charge in [0, 0.05) is 39.8 Å². The summed E-state index contributed by atoms with van der Waals surface area (Å²) < 4.78 is 28.8.